The monoisotopic (exact) mass is 382 g/mol. The van der Waals surface area contributed by atoms with Crippen molar-refractivity contribution in [2.75, 3.05) is 6.61 Å². The molecule has 0 atom stereocenters. The predicted octanol–water partition coefficient (Wildman–Crippen LogP) is 5.34. The van der Waals surface area contributed by atoms with Gasteiger partial charge in [-0.1, -0.05) is 37.7 Å². The number of fused-ring (bicyclic) bond motifs is 1. The lowest BCUT2D eigenvalue weighted by Gasteiger charge is -2.05. The van der Waals surface area contributed by atoms with Gasteiger partial charge in [0.15, 0.2) is 4.80 Å². The van der Waals surface area contributed by atoms with Crippen molar-refractivity contribution in [1.82, 2.24) is 4.57 Å². The molecule has 0 aliphatic carbocycles. The molecule has 0 fully saturated rings. The average Bonchev–Trinajstić information content (AvgIpc) is 2.99. The SMILES string of the molecule is CCCCOc1ccc(C(=O)N=c2sc3cc(C)ccc3n2CCC)cc1. The smallest absolute Gasteiger partial charge is 0.279 e. The maximum atomic E-state index is 12.7. The van der Waals surface area contributed by atoms with Crippen LogP contribution in [0.5, 0.6) is 5.75 Å². The number of nitrogens with zero attached hydrogens (tertiary/aromatic N) is 2. The molecular weight excluding hydrogens is 356 g/mol. The Balaban J connectivity index is 1.89. The lowest BCUT2D eigenvalue weighted by atomic mass is 10.2. The van der Waals surface area contributed by atoms with Crippen molar-refractivity contribution in [2.24, 2.45) is 4.99 Å². The highest BCUT2D eigenvalue weighted by Crippen LogP contribution is 2.20. The molecule has 142 valence electrons. The lowest BCUT2D eigenvalue weighted by molar-refractivity contribution is 0.0998. The van der Waals surface area contributed by atoms with Crippen LogP contribution in [0.25, 0.3) is 10.2 Å². The van der Waals surface area contributed by atoms with E-state index >= 15 is 0 Å². The molecule has 0 aliphatic rings. The highest BCUT2D eigenvalue weighted by molar-refractivity contribution is 7.16. The fourth-order valence-corrected chi connectivity index (χ4v) is 4.04. The Morgan fingerprint density at radius 1 is 1.11 bits per heavy atom. The average molecular weight is 383 g/mol. The first-order valence-corrected chi connectivity index (χ1v) is 10.4. The van der Waals surface area contributed by atoms with Crippen LogP contribution in [-0.2, 0) is 6.54 Å². The minimum Gasteiger partial charge on any atom is -0.494 e. The van der Waals surface area contributed by atoms with E-state index in [1.165, 1.54) is 5.56 Å². The van der Waals surface area contributed by atoms with Gasteiger partial charge >= 0.3 is 0 Å². The highest BCUT2D eigenvalue weighted by Gasteiger charge is 2.09. The summed E-state index contributed by atoms with van der Waals surface area (Å²) in [4.78, 5) is 17.8. The molecule has 27 heavy (non-hydrogen) atoms. The Hall–Kier alpha value is -2.40. The Morgan fingerprint density at radius 3 is 2.59 bits per heavy atom. The van der Waals surface area contributed by atoms with E-state index in [9.17, 15) is 4.79 Å². The number of unbranched alkanes of at least 4 members (excludes halogenated alkanes) is 1. The highest BCUT2D eigenvalue weighted by atomic mass is 32.1. The summed E-state index contributed by atoms with van der Waals surface area (Å²) < 4.78 is 8.96. The number of ether oxygens (including phenoxy) is 1. The maximum absolute atomic E-state index is 12.7. The number of amides is 1. The Bertz CT molecular complexity index is 984. The molecule has 0 bridgehead atoms. The summed E-state index contributed by atoms with van der Waals surface area (Å²) in [6, 6.07) is 13.6. The molecular formula is C22H26N2O2S. The Kier molecular flexibility index (Phi) is 6.45. The molecule has 1 aromatic heterocycles. The zero-order chi connectivity index (χ0) is 19.2. The van der Waals surface area contributed by atoms with E-state index in [0.717, 1.165) is 46.6 Å². The van der Waals surface area contributed by atoms with Crippen molar-refractivity contribution in [1.29, 1.82) is 0 Å². The summed E-state index contributed by atoms with van der Waals surface area (Å²) in [5.74, 6) is 0.571. The summed E-state index contributed by atoms with van der Waals surface area (Å²) in [6.07, 6.45) is 3.12. The van der Waals surface area contributed by atoms with Crippen molar-refractivity contribution in [3.63, 3.8) is 0 Å². The van der Waals surface area contributed by atoms with Crippen LogP contribution < -0.4 is 9.54 Å². The number of benzene rings is 2. The molecule has 1 heterocycles. The molecule has 3 aromatic rings. The van der Waals surface area contributed by atoms with Crippen molar-refractivity contribution >= 4 is 27.5 Å². The van der Waals surface area contributed by atoms with Gasteiger partial charge in [0.25, 0.3) is 5.91 Å². The van der Waals surface area contributed by atoms with Gasteiger partial charge in [-0.15, -0.1) is 0 Å². The second-order valence-corrected chi connectivity index (χ2v) is 7.66. The van der Waals surface area contributed by atoms with E-state index in [4.69, 9.17) is 4.74 Å². The van der Waals surface area contributed by atoms with Crippen LogP contribution in [0.1, 0.15) is 49.0 Å². The van der Waals surface area contributed by atoms with Gasteiger partial charge in [-0.3, -0.25) is 4.79 Å². The molecule has 0 aliphatic heterocycles. The van der Waals surface area contributed by atoms with Crippen LogP contribution in [0, 0.1) is 6.92 Å². The van der Waals surface area contributed by atoms with E-state index in [-0.39, 0.29) is 5.91 Å². The first-order chi connectivity index (χ1) is 13.1. The van der Waals surface area contributed by atoms with Crippen LogP contribution in [0.4, 0.5) is 0 Å². The number of carbonyl (C=O) groups excluding carboxylic acids is 1. The number of aromatic nitrogens is 1. The quantitative estimate of drug-likeness (QED) is 0.518. The minimum atomic E-state index is -0.219. The van der Waals surface area contributed by atoms with E-state index in [2.05, 4.69) is 48.5 Å². The van der Waals surface area contributed by atoms with Gasteiger partial charge in [-0.2, -0.15) is 4.99 Å². The molecule has 3 rings (SSSR count). The number of thiazole rings is 1. The van der Waals surface area contributed by atoms with E-state index in [0.29, 0.717) is 12.2 Å². The van der Waals surface area contributed by atoms with Crippen LogP contribution >= 0.6 is 11.3 Å². The van der Waals surface area contributed by atoms with Gasteiger partial charge in [0.05, 0.1) is 16.8 Å². The van der Waals surface area contributed by atoms with Crippen molar-refractivity contribution in [2.45, 2.75) is 46.6 Å². The third-order valence-corrected chi connectivity index (χ3v) is 5.39. The first kappa shape index (κ1) is 19.4. The third-order valence-electron chi connectivity index (χ3n) is 4.35. The van der Waals surface area contributed by atoms with Gasteiger partial charge in [0.1, 0.15) is 5.75 Å². The molecule has 0 saturated heterocycles. The van der Waals surface area contributed by atoms with Gasteiger partial charge in [0, 0.05) is 12.1 Å². The normalized spacial score (nSPS) is 11.9. The molecule has 0 N–H and O–H groups in total. The minimum absolute atomic E-state index is 0.219. The van der Waals surface area contributed by atoms with Gasteiger partial charge in [-0.25, -0.2) is 0 Å². The summed E-state index contributed by atoms with van der Waals surface area (Å²) >= 11 is 1.57. The van der Waals surface area contributed by atoms with E-state index in [1.54, 1.807) is 23.5 Å². The summed E-state index contributed by atoms with van der Waals surface area (Å²) in [7, 11) is 0. The summed E-state index contributed by atoms with van der Waals surface area (Å²) in [6.45, 7) is 7.89. The van der Waals surface area contributed by atoms with Gasteiger partial charge in [-0.05, 0) is 61.7 Å². The zero-order valence-electron chi connectivity index (χ0n) is 16.2. The molecule has 0 unspecified atom stereocenters. The van der Waals surface area contributed by atoms with Crippen LogP contribution in [-0.4, -0.2) is 17.1 Å². The third kappa shape index (κ3) is 4.66. The zero-order valence-corrected chi connectivity index (χ0v) is 17.0. The number of rotatable bonds is 7. The second kappa shape index (κ2) is 9.00. The Labute approximate surface area is 164 Å². The van der Waals surface area contributed by atoms with Crippen molar-refractivity contribution < 1.29 is 9.53 Å². The van der Waals surface area contributed by atoms with Gasteiger partial charge < -0.3 is 9.30 Å². The number of hydrogen-bond acceptors (Lipinski definition) is 3. The fourth-order valence-electron chi connectivity index (χ4n) is 2.88. The number of aryl methyl sites for hydroxylation is 2. The molecule has 5 heteroatoms. The molecule has 4 nitrogen and oxygen atoms in total. The predicted molar refractivity (Wildman–Crippen MR) is 112 cm³/mol. The summed E-state index contributed by atoms with van der Waals surface area (Å²) in [5, 5.41) is 0. The number of carbonyl (C=O) groups is 1. The first-order valence-electron chi connectivity index (χ1n) is 9.54. The topological polar surface area (TPSA) is 43.6 Å². The van der Waals surface area contributed by atoms with Gasteiger partial charge in [0.2, 0.25) is 0 Å². The van der Waals surface area contributed by atoms with Crippen LogP contribution in [0.3, 0.4) is 0 Å². The van der Waals surface area contributed by atoms with E-state index in [1.807, 2.05) is 12.1 Å². The van der Waals surface area contributed by atoms with Crippen LogP contribution in [0.2, 0.25) is 0 Å². The lowest BCUT2D eigenvalue weighted by Crippen LogP contribution is -2.16. The van der Waals surface area contributed by atoms with E-state index < -0.39 is 0 Å². The Morgan fingerprint density at radius 2 is 1.89 bits per heavy atom. The molecule has 2 aromatic carbocycles. The van der Waals surface area contributed by atoms with Crippen molar-refractivity contribution in [3.05, 3.63) is 58.4 Å². The molecule has 1 amide bonds. The molecule has 0 saturated carbocycles. The number of hydrogen-bond donors (Lipinski definition) is 0. The van der Waals surface area contributed by atoms with Crippen molar-refractivity contribution in [3.8, 4) is 5.75 Å². The molecule has 0 spiro atoms. The standard InChI is InChI=1S/C22H26N2O2S/c1-4-6-14-26-18-10-8-17(9-11-18)21(25)23-22-24(13-5-2)19-12-7-16(3)15-20(19)27-22/h7-12,15H,4-6,13-14H2,1-3H3. The molecule has 0 radical (unpaired) electrons. The summed E-state index contributed by atoms with van der Waals surface area (Å²) in [5.41, 5.74) is 2.93. The fraction of sp³-hybridized carbons (Fsp3) is 0.364. The second-order valence-electron chi connectivity index (χ2n) is 6.65. The van der Waals surface area contributed by atoms with Crippen LogP contribution in [0.15, 0.2) is 47.5 Å². The largest absolute Gasteiger partial charge is 0.494 e. The maximum Gasteiger partial charge on any atom is 0.279 e.